The second kappa shape index (κ2) is 3.57. The Labute approximate surface area is 101 Å². The molecule has 0 amide bonds. The molecule has 2 aromatic rings. The number of nitrogens with one attached hydrogen (secondary N) is 1. The fraction of sp³-hybridized carbons (Fsp3) is 0.500. The average molecular weight is 227 g/mol. The third-order valence-corrected chi connectivity index (χ3v) is 4.00. The number of benzene rings is 1. The lowest BCUT2D eigenvalue weighted by Crippen LogP contribution is -2.12. The third kappa shape index (κ3) is 1.57. The Kier molecular flexibility index (Phi) is 2.03. The number of hydrogen-bond acceptors (Lipinski definition) is 2. The molecule has 1 aliphatic carbocycles. The van der Waals surface area contributed by atoms with Gasteiger partial charge in [-0.1, -0.05) is 6.07 Å². The summed E-state index contributed by atoms with van der Waals surface area (Å²) in [6.07, 6.45) is 7.19. The summed E-state index contributed by atoms with van der Waals surface area (Å²) in [5, 5.41) is 3.54. The average Bonchev–Trinajstić information content (AvgIpc) is 2.93. The lowest BCUT2D eigenvalue weighted by atomic mass is 10.0. The Morgan fingerprint density at radius 1 is 1.24 bits per heavy atom. The molecule has 1 atom stereocenters. The maximum atomic E-state index is 4.55. The quantitative estimate of drug-likeness (QED) is 0.855. The van der Waals surface area contributed by atoms with Gasteiger partial charge in [0.05, 0.1) is 17.4 Å². The first kappa shape index (κ1) is 9.66. The van der Waals surface area contributed by atoms with Crippen LogP contribution >= 0.6 is 0 Å². The minimum atomic E-state index is 0.547. The van der Waals surface area contributed by atoms with Gasteiger partial charge in [0.15, 0.2) is 0 Å². The summed E-state index contributed by atoms with van der Waals surface area (Å²) in [6.45, 7) is 1.15. The van der Waals surface area contributed by atoms with E-state index < -0.39 is 0 Å². The summed E-state index contributed by atoms with van der Waals surface area (Å²) in [6, 6.07) is 8.04. The standard InChI is InChI=1S/C14H17N3/c1-2-12(15-7-1)10-3-6-14-13(8-10)16-9-17(14)11-4-5-11/h3,6,8-9,11-12,15H,1-2,4-5,7H2. The number of aromatic nitrogens is 2. The van der Waals surface area contributed by atoms with Crippen LogP contribution in [-0.4, -0.2) is 16.1 Å². The molecule has 4 rings (SSSR count). The molecule has 1 aromatic heterocycles. The summed E-state index contributed by atoms with van der Waals surface area (Å²) in [4.78, 5) is 4.55. The van der Waals surface area contributed by atoms with E-state index in [4.69, 9.17) is 0 Å². The van der Waals surface area contributed by atoms with Crippen LogP contribution in [0.15, 0.2) is 24.5 Å². The largest absolute Gasteiger partial charge is 0.327 e. The van der Waals surface area contributed by atoms with Gasteiger partial charge in [0.2, 0.25) is 0 Å². The van der Waals surface area contributed by atoms with Crippen LogP contribution in [0.4, 0.5) is 0 Å². The fourth-order valence-electron chi connectivity index (χ4n) is 2.88. The first-order valence-corrected chi connectivity index (χ1v) is 6.62. The van der Waals surface area contributed by atoms with Crippen LogP contribution in [0.2, 0.25) is 0 Å². The van der Waals surface area contributed by atoms with Crippen LogP contribution in [0.5, 0.6) is 0 Å². The monoisotopic (exact) mass is 227 g/mol. The normalized spacial score (nSPS) is 24.6. The Hall–Kier alpha value is -1.35. The number of fused-ring (bicyclic) bond motifs is 1. The Balaban J connectivity index is 1.76. The van der Waals surface area contributed by atoms with Gasteiger partial charge in [-0.2, -0.15) is 0 Å². The molecule has 1 aromatic carbocycles. The molecule has 88 valence electrons. The summed E-state index contributed by atoms with van der Waals surface area (Å²) in [5.74, 6) is 0. The second-order valence-corrected chi connectivity index (χ2v) is 5.28. The first-order valence-electron chi connectivity index (χ1n) is 6.62. The van der Waals surface area contributed by atoms with Crippen molar-refractivity contribution in [2.24, 2.45) is 0 Å². The minimum Gasteiger partial charge on any atom is -0.327 e. The van der Waals surface area contributed by atoms with Gasteiger partial charge in [-0.25, -0.2) is 4.98 Å². The van der Waals surface area contributed by atoms with Crippen LogP contribution < -0.4 is 5.32 Å². The van der Waals surface area contributed by atoms with E-state index in [0.717, 1.165) is 18.1 Å². The molecule has 1 saturated heterocycles. The first-order chi connectivity index (χ1) is 8.42. The zero-order valence-corrected chi connectivity index (χ0v) is 9.89. The van der Waals surface area contributed by atoms with Crippen LogP contribution in [0.25, 0.3) is 11.0 Å². The fourth-order valence-corrected chi connectivity index (χ4v) is 2.88. The number of imidazole rings is 1. The van der Waals surface area contributed by atoms with E-state index in [0.29, 0.717) is 6.04 Å². The smallest absolute Gasteiger partial charge is 0.0960 e. The molecule has 0 bridgehead atoms. The van der Waals surface area contributed by atoms with Crippen molar-refractivity contribution in [2.45, 2.75) is 37.8 Å². The second-order valence-electron chi connectivity index (χ2n) is 5.28. The molecule has 2 heterocycles. The van der Waals surface area contributed by atoms with Gasteiger partial charge >= 0.3 is 0 Å². The SMILES string of the molecule is c1cc2c(cc1C1CCCN1)ncn2C1CC1. The van der Waals surface area contributed by atoms with Crippen LogP contribution in [0.1, 0.15) is 43.3 Å². The van der Waals surface area contributed by atoms with Crippen molar-refractivity contribution in [3.63, 3.8) is 0 Å². The third-order valence-electron chi connectivity index (χ3n) is 4.00. The van der Waals surface area contributed by atoms with E-state index >= 15 is 0 Å². The molecule has 1 aliphatic heterocycles. The Bertz CT molecular complexity index is 548. The van der Waals surface area contributed by atoms with Crippen molar-refractivity contribution in [2.75, 3.05) is 6.54 Å². The van der Waals surface area contributed by atoms with E-state index in [9.17, 15) is 0 Å². The van der Waals surface area contributed by atoms with E-state index in [1.54, 1.807) is 0 Å². The van der Waals surface area contributed by atoms with Gasteiger partial charge in [-0.05, 0) is 49.9 Å². The minimum absolute atomic E-state index is 0.547. The number of nitrogens with zero attached hydrogens (tertiary/aromatic N) is 2. The van der Waals surface area contributed by atoms with Gasteiger partial charge in [0, 0.05) is 12.1 Å². The summed E-state index contributed by atoms with van der Waals surface area (Å²) in [7, 11) is 0. The highest BCUT2D eigenvalue weighted by Gasteiger charge is 2.25. The molecule has 3 heteroatoms. The molecule has 17 heavy (non-hydrogen) atoms. The van der Waals surface area contributed by atoms with Crippen molar-refractivity contribution >= 4 is 11.0 Å². The van der Waals surface area contributed by atoms with Crippen molar-refractivity contribution < 1.29 is 0 Å². The highest BCUT2D eigenvalue weighted by Crippen LogP contribution is 2.37. The molecular weight excluding hydrogens is 210 g/mol. The van der Waals surface area contributed by atoms with Gasteiger partial charge < -0.3 is 9.88 Å². The zero-order valence-electron chi connectivity index (χ0n) is 9.89. The predicted molar refractivity (Wildman–Crippen MR) is 68.0 cm³/mol. The van der Waals surface area contributed by atoms with Crippen molar-refractivity contribution in [3.8, 4) is 0 Å². The molecule has 0 radical (unpaired) electrons. The topological polar surface area (TPSA) is 29.9 Å². The van der Waals surface area contributed by atoms with Crippen LogP contribution in [-0.2, 0) is 0 Å². The van der Waals surface area contributed by atoms with Gasteiger partial charge in [0.1, 0.15) is 0 Å². The van der Waals surface area contributed by atoms with Crippen LogP contribution in [0.3, 0.4) is 0 Å². The summed E-state index contributed by atoms with van der Waals surface area (Å²) >= 11 is 0. The summed E-state index contributed by atoms with van der Waals surface area (Å²) in [5.41, 5.74) is 3.85. The highest BCUT2D eigenvalue weighted by molar-refractivity contribution is 5.76. The predicted octanol–water partition coefficient (Wildman–Crippen LogP) is 2.80. The Morgan fingerprint density at radius 2 is 2.18 bits per heavy atom. The van der Waals surface area contributed by atoms with Gasteiger partial charge in [-0.3, -0.25) is 0 Å². The van der Waals surface area contributed by atoms with Crippen molar-refractivity contribution in [3.05, 3.63) is 30.1 Å². The van der Waals surface area contributed by atoms with E-state index in [-0.39, 0.29) is 0 Å². The zero-order chi connectivity index (χ0) is 11.2. The Morgan fingerprint density at radius 3 is 2.94 bits per heavy atom. The van der Waals surface area contributed by atoms with Crippen molar-refractivity contribution in [1.82, 2.24) is 14.9 Å². The summed E-state index contributed by atoms with van der Waals surface area (Å²) < 4.78 is 2.33. The highest BCUT2D eigenvalue weighted by atomic mass is 15.1. The lowest BCUT2D eigenvalue weighted by Gasteiger charge is -2.10. The molecule has 1 saturated carbocycles. The van der Waals surface area contributed by atoms with Crippen molar-refractivity contribution in [1.29, 1.82) is 0 Å². The van der Waals surface area contributed by atoms with Gasteiger partial charge in [0.25, 0.3) is 0 Å². The molecule has 2 aliphatic rings. The van der Waals surface area contributed by atoms with E-state index in [2.05, 4.69) is 33.1 Å². The molecule has 0 spiro atoms. The van der Waals surface area contributed by atoms with Crippen LogP contribution in [0, 0.1) is 0 Å². The number of hydrogen-bond donors (Lipinski definition) is 1. The van der Waals surface area contributed by atoms with E-state index in [1.807, 2.05) is 6.33 Å². The molecule has 1 N–H and O–H groups in total. The van der Waals surface area contributed by atoms with Gasteiger partial charge in [-0.15, -0.1) is 0 Å². The molecule has 3 nitrogen and oxygen atoms in total. The number of rotatable bonds is 2. The maximum absolute atomic E-state index is 4.55. The molecule has 2 fully saturated rings. The molecule has 1 unspecified atom stereocenters. The maximum Gasteiger partial charge on any atom is 0.0960 e. The van der Waals surface area contributed by atoms with E-state index in [1.165, 1.54) is 36.8 Å². The molecular formula is C14H17N3. The lowest BCUT2D eigenvalue weighted by molar-refractivity contribution is 0.648.